The van der Waals surface area contributed by atoms with Crippen LogP contribution in [0.15, 0.2) is 60.0 Å². The number of aromatic nitrogens is 1. The lowest BCUT2D eigenvalue weighted by molar-refractivity contribution is 0.0974. The van der Waals surface area contributed by atoms with Crippen LogP contribution in [0.5, 0.6) is 0 Å². The van der Waals surface area contributed by atoms with Gasteiger partial charge in [0.1, 0.15) is 0 Å². The second-order valence-electron chi connectivity index (χ2n) is 5.39. The van der Waals surface area contributed by atoms with E-state index in [4.69, 9.17) is 0 Å². The third-order valence-corrected chi connectivity index (χ3v) is 4.67. The Labute approximate surface area is 138 Å². The highest BCUT2D eigenvalue weighted by Crippen LogP contribution is 2.36. The molecule has 2 aromatic carbocycles. The molecule has 1 aliphatic rings. The van der Waals surface area contributed by atoms with Gasteiger partial charge in [-0.1, -0.05) is 30.3 Å². The van der Waals surface area contributed by atoms with Crippen LogP contribution in [0.4, 0.5) is 11.4 Å². The molecule has 114 valence electrons. The Morgan fingerprint density at radius 3 is 2.57 bits per heavy atom. The van der Waals surface area contributed by atoms with Gasteiger partial charge in [0.25, 0.3) is 5.91 Å². The Balaban J connectivity index is 1.86. The highest BCUT2D eigenvalue weighted by molar-refractivity contribution is 7.09. The number of nitrogens with one attached hydrogen (secondary N) is 1. The summed E-state index contributed by atoms with van der Waals surface area (Å²) < 4.78 is 0. The second kappa shape index (κ2) is 5.52. The Hall–Kier alpha value is -2.66. The Bertz CT molecular complexity index is 859. The fraction of sp³-hybridized carbons (Fsp3) is 0.111. The van der Waals surface area contributed by atoms with Crippen LogP contribution in [-0.2, 0) is 0 Å². The fourth-order valence-electron chi connectivity index (χ4n) is 2.82. The topological polar surface area (TPSA) is 45.2 Å². The predicted molar refractivity (Wildman–Crippen MR) is 92.9 cm³/mol. The molecule has 1 aliphatic heterocycles. The van der Waals surface area contributed by atoms with Crippen LogP contribution in [0.1, 0.15) is 27.2 Å². The lowest BCUT2D eigenvalue weighted by Gasteiger charge is -2.37. The van der Waals surface area contributed by atoms with Gasteiger partial charge < -0.3 is 5.32 Å². The maximum absolute atomic E-state index is 13.1. The summed E-state index contributed by atoms with van der Waals surface area (Å²) in [6.07, 6.45) is -0.301. The highest BCUT2D eigenvalue weighted by atomic mass is 32.1. The van der Waals surface area contributed by atoms with E-state index in [0.29, 0.717) is 5.56 Å². The average molecular weight is 321 g/mol. The number of thiazole rings is 1. The third kappa shape index (κ3) is 2.39. The van der Waals surface area contributed by atoms with Crippen molar-refractivity contribution >= 4 is 28.6 Å². The van der Waals surface area contributed by atoms with Gasteiger partial charge in [-0.15, -0.1) is 11.3 Å². The van der Waals surface area contributed by atoms with Crippen LogP contribution in [0.3, 0.4) is 0 Å². The van der Waals surface area contributed by atoms with Crippen molar-refractivity contribution < 1.29 is 4.79 Å². The molecule has 0 unspecified atom stereocenters. The number of benzene rings is 2. The van der Waals surface area contributed by atoms with Gasteiger partial charge in [-0.3, -0.25) is 9.69 Å². The van der Waals surface area contributed by atoms with E-state index in [9.17, 15) is 4.79 Å². The van der Waals surface area contributed by atoms with E-state index in [0.717, 1.165) is 22.1 Å². The first-order valence-corrected chi connectivity index (χ1v) is 8.28. The molecule has 4 nitrogen and oxygen atoms in total. The molecule has 0 aliphatic carbocycles. The number of rotatable bonds is 2. The van der Waals surface area contributed by atoms with Crippen LogP contribution in [0.2, 0.25) is 0 Å². The minimum Gasteiger partial charge on any atom is -0.359 e. The van der Waals surface area contributed by atoms with Crippen molar-refractivity contribution in [2.75, 3.05) is 10.2 Å². The number of aryl methyl sites for hydroxylation is 1. The molecule has 2 heterocycles. The van der Waals surface area contributed by atoms with Gasteiger partial charge in [0.05, 0.1) is 16.3 Å². The van der Waals surface area contributed by atoms with Crippen molar-refractivity contribution in [3.63, 3.8) is 0 Å². The Kier molecular flexibility index (Phi) is 3.35. The number of amides is 1. The molecule has 3 aromatic rings. The van der Waals surface area contributed by atoms with Crippen molar-refractivity contribution in [3.05, 3.63) is 76.2 Å². The third-order valence-electron chi connectivity index (χ3n) is 3.88. The molecule has 4 rings (SSSR count). The standard InChI is InChI=1S/C18H15N3OS/c1-12-19-16(11-23-12)17-20-15-10-6-5-9-14(15)18(22)21(17)13-7-3-2-4-8-13/h2-11,17,20H,1H3/t17-/m1/s1. The summed E-state index contributed by atoms with van der Waals surface area (Å²) >= 11 is 1.59. The summed E-state index contributed by atoms with van der Waals surface area (Å²) in [5, 5.41) is 6.45. The number of hydrogen-bond donors (Lipinski definition) is 1. The van der Waals surface area contributed by atoms with Crippen molar-refractivity contribution in [3.8, 4) is 0 Å². The summed E-state index contributed by atoms with van der Waals surface area (Å²) in [7, 11) is 0. The fourth-order valence-corrected chi connectivity index (χ4v) is 3.45. The molecule has 5 heteroatoms. The zero-order valence-corrected chi connectivity index (χ0v) is 13.4. The largest absolute Gasteiger partial charge is 0.359 e. The molecule has 1 aromatic heterocycles. The number of nitrogens with zero attached hydrogens (tertiary/aromatic N) is 2. The van der Waals surface area contributed by atoms with Crippen LogP contribution < -0.4 is 10.2 Å². The Morgan fingerprint density at radius 1 is 1.09 bits per heavy atom. The maximum Gasteiger partial charge on any atom is 0.262 e. The van der Waals surface area contributed by atoms with E-state index in [1.165, 1.54) is 0 Å². The molecule has 23 heavy (non-hydrogen) atoms. The molecule has 0 radical (unpaired) electrons. The van der Waals surface area contributed by atoms with Crippen molar-refractivity contribution in [2.24, 2.45) is 0 Å². The molecule has 0 spiro atoms. The normalized spacial score (nSPS) is 16.8. The van der Waals surface area contributed by atoms with E-state index < -0.39 is 0 Å². The van der Waals surface area contributed by atoms with Crippen molar-refractivity contribution in [1.82, 2.24) is 4.98 Å². The minimum atomic E-state index is -0.301. The minimum absolute atomic E-state index is 0.0128. The summed E-state index contributed by atoms with van der Waals surface area (Å²) in [5.74, 6) is -0.0128. The summed E-state index contributed by atoms with van der Waals surface area (Å²) in [6.45, 7) is 1.97. The molecular weight excluding hydrogens is 306 g/mol. The summed E-state index contributed by atoms with van der Waals surface area (Å²) in [4.78, 5) is 19.4. The summed E-state index contributed by atoms with van der Waals surface area (Å²) in [5.41, 5.74) is 3.24. The molecule has 0 fully saturated rings. The predicted octanol–water partition coefficient (Wildman–Crippen LogP) is 4.22. The molecule has 1 atom stereocenters. The zero-order valence-electron chi connectivity index (χ0n) is 12.6. The van der Waals surface area contributed by atoms with Crippen LogP contribution in [0.25, 0.3) is 0 Å². The van der Waals surface area contributed by atoms with E-state index >= 15 is 0 Å². The van der Waals surface area contributed by atoms with Crippen LogP contribution >= 0.6 is 11.3 Å². The van der Waals surface area contributed by atoms with Crippen molar-refractivity contribution in [1.29, 1.82) is 0 Å². The van der Waals surface area contributed by atoms with Gasteiger partial charge in [-0.05, 0) is 31.2 Å². The van der Waals surface area contributed by atoms with Gasteiger partial charge in [-0.2, -0.15) is 0 Å². The van der Waals surface area contributed by atoms with Gasteiger partial charge in [0, 0.05) is 16.8 Å². The molecule has 0 saturated carbocycles. The molecule has 0 saturated heterocycles. The van der Waals surface area contributed by atoms with E-state index in [2.05, 4.69) is 10.3 Å². The highest BCUT2D eigenvalue weighted by Gasteiger charge is 2.34. The molecular formula is C18H15N3OS. The molecule has 1 amide bonds. The first-order valence-electron chi connectivity index (χ1n) is 7.40. The SMILES string of the molecule is Cc1nc([C@@H]2Nc3ccccc3C(=O)N2c2ccccc2)cs1. The van der Waals surface area contributed by atoms with E-state index in [1.807, 2.05) is 66.9 Å². The van der Waals surface area contributed by atoms with Gasteiger partial charge in [0.2, 0.25) is 0 Å². The molecule has 0 bridgehead atoms. The average Bonchev–Trinajstić information content (AvgIpc) is 3.02. The lowest BCUT2D eigenvalue weighted by atomic mass is 10.1. The first-order chi connectivity index (χ1) is 11.2. The monoisotopic (exact) mass is 321 g/mol. The number of carbonyl (C=O) groups excluding carboxylic acids is 1. The lowest BCUT2D eigenvalue weighted by Crippen LogP contribution is -2.43. The maximum atomic E-state index is 13.1. The van der Waals surface area contributed by atoms with Gasteiger partial charge in [0.15, 0.2) is 6.17 Å². The summed E-state index contributed by atoms with van der Waals surface area (Å²) in [6, 6.07) is 17.3. The second-order valence-corrected chi connectivity index (χ2v) is 6.46. The Morgan fingerprint density at radius 2 is 1.83 bits per heavy atom. The van der Waals surface area contributed by atoms with E-state index in [1.54, 1.807) is 16.2 Å². The number of hydrogen-bond acceptors (Lipinski definition) is 4. The van der Waals surface area contributed by atoms with Crippen LogP contribution in [0, 0.1) is 6.92 Å². The van der Waals surface area contributed by atoms with Gasteiger partial charge >= 0.3 is 0 Å². The van der Waals surface area contributed by atoms with Crippen LogP contribution in [-0.4, -0.2) is 10.9 Å². The van der Waals surface area contributed by atoms with E-state index in [-0.39, 0.29) is 12.1 Å². The zero-order chi connectivity index (χ0) is 15.8. The smallest absolute Gasteiger partial charge is 0.262 e. The van der Waals surface area contributed by atoms with Gasteiger partial charge in [-0.25, -0.2) is 4.98 Å². The number of carbonyl (C=O) groups is 1. The number of para-hydroxylation sites is 2. The number of anilines is 2. The molecule has 1 N–H and O–H groups in total. The number of fused-ring (bicyclic) bond motifs is 1. The quantitative estimate of drug-likeness (QED) is 0.768. The van der Waals surface area contributed by atoms with Crippen molar-refractivity contribution in [2.45, 2.75) is 13.1 Å². The first kappa shape index (κ1) is 14.0.